The zero-order valence-electron chi connectivity index (χ0n) is 19.3. The summed E-state index contributed by atoms with van der Waals surface area (Å²) in [5.74, 6) is 1.39. The standard InChI is InChI=1S/C26H27N7O/c1-18-11-12-23-21(17-18)24(20-9-5-6-10-22(20)27-23)25(34)31-13-15-32(16-14-31)26-28-29-30-33(26)19-7-3-2-4-8-19/h2-10,18H,11-17H2,1H3. The van der Waals surface area contributed by atoms with Gasteiger partial charge in [0.1, 0.15) is 0 Å². The third-order valence-corrected chi connectivity index (χ3v) is 7.02. The highest BCUT2D eigenvalue weighted by molar-refractivity contribution is 6.07. The number of benzene rings is 2. The van der Waals surface area contributed by atoms with Gasteiger partial charge in [0.05, 0.1) is 16.8 Å². The van der Waals surface area contributed by atoms with Crippen LogP contribution in [0.2, 0.25) is 0 Å². The van der Waals surface area contributed by atoms with Gasteiger partial charge in [-0.1, -0.05) is 48.4 Å². The molecule has 34 heavy (non-hydrogen) atoms. The number of tetrazole rings is 1. The summed E-state index contributed by atoms with van der Waals surface area (Å²) in [4.78, 5) is 23.0. The molecule has 6 rings (SSSR count). The molecule has 2 aromatic carbocycles. The summed E-state index contributed by atoms with van der Waals surface area (Å²) < 4.78 is 1.76. The monoisotopic (exact) mass is 453 g/mol. The Morgan fingerprint density at radius 3 is 2.56 bits per heavy atom. The Labute approximate surface area is 198 Å². The molecule has 0 saturated carbocycles. The Morgan fingerprint density at radius 2 is 1.74 bits per heavy atom. The Hall–Kier alpha value is -3.81. The van der Waals surface area contributed by atoms with Gasteiger partial charge in [0, 0.05) is 37.3 Å². The predicted octanol–water partition coefficient (Wildman–Crippen LogP) is 3.30. The molecule has 0 radical (unpaired) electrons. The maximum absolute atomic E-state index is 13.9. The molecule has 1 saturated heterocycles. The average molecular weight is 454 g/mol. The lowest BCUT2D eigenvalue weighted by atomic mass is 9.83. The van der Waals surface area contributed by atoms with Crippen LogP contribution in [0.25, 0.3) is 16.6 Å². The van der Waals surface area contributed by atoms with Gasteiger partial charge in [-0.15, -0.1) is 0 Å². The minimum absolute atomic E-state index is 0.117. The first-order chi connectivity index (χ1) is 16.7. The molecule has 4 aromatic rings. The van der Waals surface area contributed by atoms with Crippen molar-refractivity contribution >= 4 is 22.8 Å². The van der Waals surface area contributed by atoms with Crippen molar-refractivity contribution in [3.8, 4) is 5.69 Å². The summed E-state index contributed by atoms with van der Waals surface area (Å²) >= 11 is 0. The van der Waals surface area contributed by atoms with Crippen molar-refractivity contribution in [2.24, 2.45) is 5.92 Å². The summed E-state index contributed by atoms with van der Waals surface area (Å²) in [6.07, 6.45) is 2.98. The minimum Gasteiger partial charge on any atom is -0.336 e. The molecule has 1 amide bonds. The third-order valence-electron chi connectivity index (χ3n) is 7.02. The maximum Gasteiger partial charge on any atom is 0.255 e. The van der Waals surface area contributed by atoms with E-state index in [0.29, 0.717) is 38.0 Å². The Morgan fingerprint density at radius 1 is 0.971 bits per heavy atom. The normalized spacial score (nSPS) is 18.2. The second kappa shape index (κ2) is 8.52. The van der Waals surface area contributed by atoms with Gasteiger partial charge < -0.3 is 9.80 Å². The fraction of sp³-hybridized carbons (Fsp3) is 0.346. The molecule has 1 aliphatic heterocycles. The van der Waals surface area contributed by atoms with Crippen molar-refractivity contribution in [1.29, 1.82) is 0 Å². The van der Waals surface area contributed by atoms with Crippen LogP contribution in [-0.4, -0.2) is 62.2 Å². The summed E-state index contributed by atoms with van der Waals surface area (Å²) in [5, 5.41) is 13.3. The average Bonchev–Trinajstić information content (AvgIpc) is 3.38. The third kappa shape index (κ3) is 3.59. The number of aryl methyl sites for hydroxylation is 1. The van der Waals surface area contributed by atoms with Gasteiger partial charge in [-0.2, -0.15) is 4.68 Å². The van der Waals surface area contributed by atoms with Crippen molar-refractivity contribution in [1.82, 2.24) is 30.1 Å². The van der Waals surface area contributed by atoms with Crippen LogP contribution in [0.3, 0.4) is 0 Å². The summed E-state index contributed by atoms with van der Waals surface area (Å²) in [6, 6.07) is 17.9. The molecule has 1 unspecified atom stereocenters. The van der Waals surface area contributed by atoms with Crippen molar-refractivity contribution < 1.29 is 4.79 Å². The second-order valence-electron chi connectivity index (χ2n) is 9.28. The highest BCUT2D eigenvalue weighted by Crippen LogP contribution is 2.32. The lowest BCUT2D eigenvalue weighted by molar-refractivity contribution is 0.0746. The summed E-state index contributed by atoms with van der Waals surface area (Å²) in [7, 11) is 0. The van der Waals surface area contributed by atoms with Gasteiger partial charge in [0.15, 0.2) is 0 Å². The molecule has 8 heteroatoms. The zero-order valence-corrected chi connectivity index (χ0v) is 19.3. The summed E-state index contributed by atoms with van der Waals surface area (Å²) in [5.41, 5.74) is 4.94. The van der Waals surface area contributed by atoms with Gasteiger partial charge in [0.2, 0.25) is 5.95 Å². The van der Waals surface area contributed by atoms with E-state index in [-0.39, 0.29) is 5.91 Å². The van der Waals surface area contributed by atoms with E-state index in [0.717, 1.165) is 52.7 Å². The Kier molecular flexibility index (Phi) is 5.20. The van der Waals surface area contributed by atoms with E-state index in [1.165, 1.54) is 0 Å². The number of hydrogen-bond donors (Lipinski definition) is 0. The number of para-hydroxylation sites is 2. The zero-order chi connectivity index (χ0) is 23.1. The largest absolute Gasteiger partial charge is 0.336 e. The van der Waals surface area contributed by atoms with Crippen LogP contribution in [0.4, 0.5) is 5.95 Å². The number of hydrogen-bond acceptors (Lipinski definition) is 6. The number of carbonyl (C=O) groups is 1. The molecule has 3 heterocycles. The van der Waals surface area contributed by atoms with Crippen LogP contribution in [0.5, 0.6) is 0 Å². The number of rotatable bonds is 3. The fourth-order valence-electron chi connectivity index (χ4n) is 5.19. The fourth-order valence-corrected chi connectivity index (χ4v) is 5.19. The molecule has 8 nitrogen and oxygen atoms in total. The van der Waals surface area contributed by atoms with E-state index in [2.05, 4.69) is 27.3 Å². The maximum atomic E-state index is 13.9. The molecular formula is C26H27N7O. The first-order valence-electron chi connectivity index (χ1n) is 12.0. The van der Waals surface area contributed by atoms with E-state index in [1.54, 1.807) is 4.68 Å². The van der Waals surface area contributed by atoms with Gasteiger partial charge in [-0.05, 0) is 59.4 Å². The highest BCUT2D eigenvalue weighted by Gasteiger charge is 2.30. The van der Waals surface area contributed by atoms with Crippen molar-refractivity contribution in [2.75, 3.05) is 31.1 Å². The molecular weight excluding hydrogens is 426 g/mol. The molecule has 0 spiro atoms. The van der Waals surface area contributed by atoms with Crippen LogP contribution in [0.1, 0.15) is 35.0 Å². The van der Waals surface area contributed by atoms with Crippen molar-refractivity contribution in [2.45, 2.75) is 26.2 Å². The topological polar surface area (TPSA) is 80.0 Å². The van der Waals surface area contributed by atoms with Crippen LogP contribution < -0.4 is 4.90 Å². The van der Waals surface area contributed by atoms with Gasteiger partial charge in [-0.25, -0.2) is 0 Å². The van der Waals surface area contributed by atoms with Crippen LogP contribution in [-0.2, 0) is 12.8 Å². The number of nitrogens with zero attached hydrogens (tertiary/aromatic N) is 7. The van der Waals surface area contributed by atoms with Gasteiger partial charge in [0.25, 0.3) is 5.91 Å². The van der Waals surface area contributed by atoms with Crippen molar-refractivity contribution in [3.05, 3.63) is 71.4 Å². The number of fused-ring (bicyclic) bond motifs is 2. The SMILES string of the molecule is CC1CCc2nc3ccccc3c(C(=O)N3CCN(c4nnnn4-c4ccccc4)CC3)c2C1. The number of piperazine rings is 1. The molecule has 0 bridgehead atoms. The molecule has 2 aromatic heterocycles. The van der Waals surface area contributed by atoms with Gasteiger partial charge >= 0.3 is 0 Å². The Balaban J connectivity index is 1.27. The smallest absolute Gasteiger partial charge is 0.255 e. The quantitative estimate of drug-likeness (QED) is 0.474. The summed E-state index contributed by atoms with van der Waals surface area (Å²) in [6.45, 7) is 4.88. The van der Waals surface area contributed by atoms with E-state index in [4.69, 9.17) is 4.98 Å². The number of amides is 1. The van der Waals surface area contributed by atoms with Gasteiger partial charge in [-0.3, -0.25) is 9.78 Å². The molecule has 1 fully saturated rings. The van der Waals surface area contributed by atoms with Crippen LogP contribution in [0.15, 0.2) is 54.6 Å². The molecule has 1 atom stereocenters. The predicted molar refractivity (Wildman–Crippen MR) is 130 cm³/mol. The Bertz CT molecular complexity index is 1340. The van der Waals surface area contributed by atoms with E-state index in [9.17, 15) is 4.79 Å². The first-order valence-corrected chi connectivity index (χ1v) is 12.0. The van der Waals surface area contributed by atoms with Crippen LogP contribution in [0, 0.1) is 5.92 Å². The van der Waals surface area contributed by atoms with E-state index >= 15 is 0 Å². The van der Waals surface area contributed by atoms with Crippen molar-refractivity contribution in [3.63, 3.8) is 0 Å². The first kappa shape index (κ1) is 20.8. The van der Waals surface area contributed by atoms with Crippen LogP contribution >= 0.6 is 0 Å². The lowest BCUT2D eigenvalue weighted by Crippen LogP contribution is -2.49. The molecule has 0 N–H and O–H groups in total. The number of anilines is 1. The van der Waals surface area contributed by atoms with E-state index < -0.39 is 0 Å². The second-order valence-corrected chi connectivity index (χ2v) is 9.28. The highest BCUT2D eigenvalue weighted by atomic mass is 16.2. The van der Waals surface area contributed by atoms with E-state index in [1.807, 2.05) is 59.5 Å². The molecule has 1 aliphatic carbocycles. The number of carbonyl (C=O) groups excluding carboxylic acids is 1. The molecule has 172 valence electrons. The number of pyridine rings is 1. The lowest BCUT2D eigenvalue weighted by Gasteiger charge is -2.36. The number of aromatic nitrogens is 5. The molecule has 2 aliphatic rings. The minimum atomic E-state index is 0.117.